The topological polar surface area (TPSA) is 130 Å². The van der Waals surface area contributed by atoms with Crippen LogP contribution in [0, 0.1) is 11.8 Å². The molecule has 378 valence electrons. The number of hydrogen-bond donors (Lipinski definition) is 1. The van der Waals surface area contributed by atoms with Gasteiger partial charge in [0.25, 0.3) is 0 Å². The van der Waals surface area contributed by atoms with Crippen LogP contribution in [0.15, 0.2) is 0 Å². The Morgan fingerprint density at radius 3 is 1.27 bits per heavy atom. The summed E-state index contributed by atoms with van der Waals surface area (Å²) >= 11 is 0. The van der Waals surface area contributed by atoms with Crippen LogP contribution in [0.5, 0.6) is 0 Å². The fourth-order valence-corrected chi connectivity index (χ4v) is 8.72. The van der Waals surface area contributed by atoms with E-state index >= 15 is 0 Å². The number of carbonyl (C=O) groups excluding carboxylic acids is 3. The average molecular weight is 912 g/mol. The second kappa shape index (κ2) is 42.6. The highest BCUT2D eigenvalue weighted by Gasteiger charge is 2.46. The Morgan fingerprint density at radius 2 is 0.859 bits per heavy atom. The van der Waals surface area contributed by atoms with Crippen molar-refractivity contribution in [2.75, 3.05) is 53.7 Å². The molecule has 0 bridgehead atoms. The van der Waals surface area contributed by atoms with Gasteiger partial charge in [0, 0.05) is 26.1 Å². The van der Waals surface area contributed by atoms with Gasteiger partial charge in [-0.1, -0.05) is 182 Å². The first-order valence-electron chi connectivity index (χ1n) is 26.8. The van der Waals surface area contributed by atoms with Gasteiger partial charge in [-0.3, -0.25) is 19.3 Å². The summed E-state index contributed by atoms with van der Waals surface area (Å²) in [5, 5.41) is 10.8. The number of aliphatic hydroxyl groups is 1. The van der Waals surface area contributed by atoms with E-state index in [-0.39, 0.29) is 31.1 Å². The molecule has 1 rings (SSSR count). The number of esters is 3. The molecule has 1 unspecified atom stereocenters. The molecule has 0 amide bonds. The number of unbranched alkanes of at least 4 members (excludes halogenated alkanes) is 18. The van der Waals surface area contributed by atoms with E-state index in [0.717, 1.165) is 89.9 Å². The molecule has 0 aliphatic carbocycles. The van der Waals surface area contributed by atoms with Gasteiger partial charge in [0.15, 0.2) is 6.29 Å². The normalized spacial score (nSPS) is 17.5. The van der Waals surface area contributed by atoms with Crippen molar-refractivity contribution < 1.29 is 47.9 Å². The van der Waals surface area contributed by atoms with Gasteiger partial charge < -0.3 is 33.5 Å². The van der Waals surface area contributed by atoms with Crippen molar-refractivity contribution in [1.29, 1.82) is 0 Å². The molecule has 1 saturated heterocycles. The Balaban J connectivity index is 2.34. The molecule has 1 aliphatic heterocycles. The van der Waals surface area contributed by atoms with Crippen molar-refractivity contribution in [2.24, 2.45) is 11.8 Å². The minimum Gasteiger partial charge on any atom is -0.466 e. The molecule has 0 saturated carbocycles. The second-order valence-corrected chi connectivity index (χ2v) is 19.1. The molecule has 11 heteroatoms. The summed E-state index contributed by atoms with van der Waals surface area (Å²) < 4.78 is 35.0. The third kappa shape index (κ3) is 33.6. The third-order valence-electron chi connectivity index (χ3n) is 12.8. The fraction of sp³-hybridized carbons (Fsp3) is 0.943. The lowest BCUT2D eigenvalue weighted by atomic mass is 9.92. The number of aliphatic hydroxyl groups excluding tert-OH is 1. The summed E-state index contributed by atoms with van der Waals surface area (Å²) in [6, 6.07) is 0. The second-order valence-electron chi connectivity index (χ2n) is 19.1. The van der Waals surface area contributed by atoms with Crippen LogP contribution in [0.4, 0.5) is 0 Å². The highest BCUT2D eigenvalue weighted by atomic mass is 16.7. The van der Waals surface area contributed by atoms with Gasteiger partial charge in [-0.15, -0.1) is 0 Å². The largest absolute Gasteiger partial charge is 0.466 e. The quantitative estimate of drug-likeness (QED) is 0.0356. The number of carbonyl (C=O) groups is 3. The van der Waals surface area contributed by atoms with Gasteiger partial charge in [0.2, 0.25) is 0 Å². The molecule has 0 aromatic rings. The first kappa shape index (κ1) is 60.2. The lowest BCUT2D eigenvalue weighted by molar-refractivity contribution is -0.161. The van der Waals surface area contributed by atoms with E-state index < -0.39 is 24.6 Å². The lowest BCUT2D eigenvalue weighted by Gasteiger charge is -2.24. The van der Waals surface area contributed by atoms with Crippen LogP contribution in [0.2, 0.25) is 0 Å². The molecule has 1 heterocycles. The minimum absolute atomic E-state index is 0.0126. The smallest absolute Gasteiger partial charge is 0.320 e. The van der Waals surface area contributed by atoms with Crippen LogP contribution in [-0.4, -0.2) is 106 Å². The maximum atomic E-state index is 12.4. The zero-order valence-corrected chi connectivity index (χ0v) is 42.4. The maximum absolute atomic E-state index is 12.4. The molecule has 1 fully saturated rings. The van der Waals surface area contributed by atoms with E-state index in [1.807, 2.05) is 0 Å². The summed E-state index contributed by atoms with van der Waals surface area (Å²) in [6.45, 7) is 11.2. The van der Waals surface area contributed by atoms with E-state index in [9.17, 15) is 19.5 Å². The Kier molecular flexibility index (Phi) is 40.0. The van der Waals surface area contributed by atoms with Crippen molar-refractivity contribution >= 4 is 17.9 Å². The summed E-state index contributed by atoms with van der Waals surface area (Å²) in [6.07, 6.45) is 31.8. The van der Waals surface area contributed by atoms with Gasteiger partial charge >= 0.3 is 17.9 Å². The molecule has 0 aromatic heterocycles. The van der Waals surface area contributed by atoms with Gasteiger partial charge in [-0.05, 0) is 64.5 Å². The van der Waals surface area contributed by atoms with Crippen molar-refractivity contribution in [3.8, 4) is 0 Å². The number of ether oxygens (including phenoxy) is 6. The van der Waals surface area contributed by atoms with Gasteiger partial charge in [0.1, 0.15) is 24.9 Å². The molecule has 0 radical (unpaired) electrons. The van der Waals surface area contributed by atoms with Crippen LogP contribution < -0.4 is 0 Å². The Bertz CT molecular complexity index is 1070. The third-order valence-corrected chi connectivity index (χ3v) is 12.8. The van der Waals surface area contributed by atoms with Gasteiger partial charge in [-0.25, -0.2) is 0 Å². The average Bonchev–Trinajstić information content (AvgIpc) is 3.56. The van der Waals surface area contributed by atoms with Gasteiger partial charge in [0.05, 0.1) is 19.8 Å². The van der Waals surface area contributed by atoms with E-state index in [0.29, 0.717) is 51.1 Å². The molecule has 4 atom stereocenters. The van der Waals surface area contributed by atoms with E-state index in [1.165, 1.54) is 103 Å². The minimum atomic E-state index is -1.17. The molecule has 0 aromatic carbocycles. The first-order chi connectivity index (χ1) is 31.1. The van der Waals surface area contributed by atoms with Crippen LogP contribution in [0.3, 0.4) is 0 Å². The number of nitrogens with zero attached hydrogens (tertiary/aromatic N) is 1. The van der Waals surface area contributed by atoms with Crippen LogP contribution in [0.25, 0.3) is 0 Å². The molecular weight excluding hydrogens is 811 g/mol. The van der Waals surface area contributed by atoms with Crippen molar-refractivity contribution in [3.63, 3.8) is 0 Å². The standard InChI is InChI=1S/C53H101NO10/c1-7-11-23-31-45(32-24-12-8-2)37-41-59-48(55)35-27-19-15-17-21-29-39-61-51-47(44-63-50(57)43-54(5)6)64-53(58)52(51)62-40-30-22-18-16-20-28-36-49(56)60-42-38-46(33-25-13-9-3)34-26-14-10-4/h45-47,51-53,58H,7-44H2,1-6H3/t47-,51?,52+,53-/m1/s1. The van der Waals surface area contributed by atoms with Gasteiger partial charge in [-0.2, -0.15) is 0 Å². The predicted octanol–water partition coefficient (Wildman–Crippen LogP) is 12.5. The van der Waals surface area contributed by atoms with E-state index in [2.05, 4.69) is 27.7 Å². The lowest BCUT2D eigenvalue weighted by Crippen LogP contribution is -2.40. The predicted molar refractivity (Wildman–Crippen MR) is 259 cm³/mol. The zero-order chi connectivity index (χ0) is 46.9. The highest BCUT2D eigenvalue weighted by Crippen LogP contribution is 2.27. The Morgan fingerprint density at radius 1 is 0.469 bits per heavy atom. The van der Waals surface area contributed by atoms with Crippen molar-refractivity contribution in [3.05, 3.63) is 0 Å². The number of likely N-dealkylation sites (N-methyl/N-ethyl adjacent to an activating group) is 1. The van der Waals surface area contributed by atoms with E-state index in [1.54, 1.807) is 19.0 Å². The highest BCUT2D eigenvalue weighted by molar-refractivity contribution is 5.71. The first-order valence-corrected chi connectivity index (χ1v) is 26.8. The molecule has 1 aliphatic rings. The van der Waals surface area contributed by atoms with Crippen LogP contribution >= 0.6 is 0 Å². The van der Waals surface area contributed by atoms with E-state index in [4.69, 9.17) is 28.4 Å². The summed E-state index contributed by atoms with van der Waals surface area (Å²) in [4.78, 5) is 38.8. The molecule has 1 N–H and O–H groups in total. The Labute approximate surface area is 392 Å². The van der Waals surface area contributed by atoms with Crippen molar-refractivity contribution in [2.45, 2.75) is 258 Å². The molecular formula is C53H101NO10. The van der Waals surface area contributed by atoms with Crippen LogP contribution in [-0.2, 0) is 42.8 Å². The summed E-state index contributed by atoms with van der Waals surface area (Å²) in [5.74, 6) is 0.855. The summed E-state index contributed by atoms with van der Waals surface area (Å²) in [7, 11) is 3.61. The van der Waals surface area contributed by atoms with Crippen LogP contribution in [0.1, 0.15) is 233 Å². The monoisotopic (exact) mass is 912 g/mol. The molecule has 64 heavy (non-hydrogen) atoms. The SMILES string of the molecule is CCCCCC(CCCCC)CCOC(=O)CCCCCCCCOC1[C@@H](COC(=O)CN(C)C)O[C@@H](O)[C@H]1OCCCCCCCCC(=O)OCCC(CCCCC)CCCCC. The summed E-state index contributed by atoms with van der Waals surface area (Å²) in [5.41, 5.74) is 0. The number of rotatable bonds is 46. The molecule has 11 nitrogen and oxygen atoms in total. The van der Waals surface area contributed by atoms with Crippen molar-refractivity contribution in [1.82, 2.24) is 4.90 Å². The number of hydrogen-bond acceptors (Lipinski definition) is 11. The Hall–Kier alpha value is -1.79. The molecule has 0 spiro atoms. The maximum Gasteiger partial charge on any atom is 0.320 e. The zero-order valence-electron chi connectivity index (χ0n) is 42.4. The fourth-order valence-electron chi connectivity index (χ4n) is 8.72.